The molecule has 0 spiro atoms. The first-order valence-electron chi connectivity index (χ1n) is 11.1. The third-order valence-corrected chi connectivity index (χ3v) is 6.81. The molecule has 5 heterocycles. The third kappa shape index (κ3) is 3.78. The molecule has 1 saturated heterocycles. The average Bonchev–Trinajstić information content (AvgIpc) is 3.54. The molecule has 170 valence electrons. The Morgan fingerprint density at radius 3 is 2.82 bits per heavy atom. The maximum atomic E-state index is 13.2. The highest BCUT2D eigenvalue weighted by atomic mass is 16.3. The summed E-state index contributed by atoms with van der Waals surface area (Å²) in [6, 6.07) is 3.80. The van der Waals surface area contributed by atoms with Crippen LogP contribution >= 0.6 is 0 Å². The standard InChI is InChI=1S/C24H27N7O2/c1-15-13-27-18-6-5-16(14-31(15)18)19-21(23-26-10-12-33-23)29-22(25)20(28-19)17(32)7-9-24(2)8-4-11-30(24)3/h5-6,10,12-14H,4,7-9,11H2,1-3H3,(H2,25,29). The lowest BCUT2D eigenvalue weighted by atomic mass is 9.91. The molecule has 9 nitrogen and oxygen atoms in total. The van der Waals surface area contributed by atoms with Crippen LogP contribution in [0.5, 0.6) is 0 Å². The molecule has 9 heteroatoms. The number of carbonyl (C=O) groups is 1. The smallest absolute Gasteiger partial charge is 0.247 e. The molecule has 0 radical (unpaired) electrons. The van der Waals surface area contributed by atoms with Crippen LogP contribution in [0.1, 0.15) is 48.8 Å². The van der Waals surface area contributed by atoms with Crippen molar-refractivity contribution in [3.63, 3.8) is 0 Å². The topological polar surface area (TPSA) is 115 Å². The minimum absolute atomic E-state index is 0.0166. The van der Waals surface area contributed by atoms with Crippen LogP contribution in [0.2, 0.25) is 0 Å². The van der Waals surface area contributed by atoms with Gasteiger partial charge in [0.05, 0.1) is 6.20 Å². The van der Waals surface area contributed by atoms with Crippen molar-refractivity contribution >= 4 is 17.2 Å². The number of aromatic nitrogens is 5. The summed E-state index contributed by atoms with van der Waals surface area (Å²) >= 11 is 0. The van der Waals surface area contributed by atoms with Gasteiger partial charge < -0.3 is 19.5 Å². The van der Waals surface area contributed by atoms with E-state index in [9.17, 15) is 4.79 Å². The van der Waals surface area contributed by atoms with Crippen molar-refractivity contribution < 1.29 is 9.21 Å². The number of ketones is 1. The molecular formula is C24H27N7O2. The molecule has 1 unspecified atom stereocenters. The van der Waals surface area contributed by atoms with E-state index in [-0.39, 0.29) is 22.8 Å². The lowest BCUT2D eigenvalue weighted by Gasteiger charge is -2.32. The number of carbonyl (C=O) groups excluding carboxylic acids is 1. The van der Waals surface area contributed by atoms with E-state index in [4.69, 9.17) is 15.1 Å². The maximum absolute atomic E-state index is 13.2. The summed E-state index contributed by atoms with van der Waals surface area (Å²) in [4.78, 5) is 33.4. The summed E-state index contributed by atoms with van der Waals surface area (Å²) in [5.41, 5.74) is 9.89. The van der Waals surface area contributed by atoms with Gasteiger partial charge in [0, 0.05) is 35.6 Å². The number of Topliss-reactive ketones (excluding diaryl/α,β-unsaturated/α-hetero) is 1. The van der Waals surface area contributed by atoms with E-state index in [1.165, 1.54) is 12.5 Å². The Labute approximate surface area is 191 Å². The van der Waals surface area contributed by atoms with Gasteiger partial charge in [0.15, 0.2) is 17.3 Å². The van der Waals surface area contributed by atoms with Gasteiger partial charge in [0.2, 0.25) is 5.89 Å². The van der Waals surface area contributed by atoms with Crippen LogP contribution in [-0.2, 0) is 0 Å². The Kier molecular flexibility index (Phi) is 5.20. The lowest BCUT2D eigenvalue weighted by molar-refractivity contribution is 0.0940. The number of oxazole rings is 1. The molecule has 0 saturated carbocycles. The molecule has 0 aromatic carbocycles. The lowest BCUT2D eigenvalue weighted by Crippen LogP contribution is -2.38. The zero-order valence-corrected chi connectivity index (χ0v) is 19.1. The largest absolute Gasteiger partial charge is 0.443 e. The normalized spacial score (nSPS) is 18.9. The first-order chi connectivity index (χ1) is 15.9. The van der Waals surface area contributed by atoms with E-state index in [1.54, 1.807) is 6.20 Å². The van der Waals surface area contributed by atoms with Crippen LogP contribution in [0, 0.1) is 6.92 Å². The summed E-state index contributed by atoms with van der Waals surface area (Å²) in [5.74, 6) is 0.272. The molecule has 5 rings (SSSR count). The fourth-order valence-electron chi connectivity index (χ4n) is 4.56. The van der Waals surface area contributed by atoms with Crippen molar-refractivity contribution in [3.8, 4) is 22.8 Å². The summed E-state index contributed by atoms with van der Waals surface area (Å²) in [6.45, 7) is 5.24. The average molecular weight is 446 g/mol. The van der Waals surface area contributed by atoms with Gasteiger partial charge in [-0.3, -0.25) is 4.79 Å². The van der Waals surface area contributed by atoms with Gasteiger partial charge in [-0.2, -0.15) is 0 Å². The molecule has 1 atom stereocenters. The van der Waals surface area contributed by atoms with Crippen LogP contribution in [-0.4, -0.2) is 54.2 Å². The fourth-order valence-corrected chi connectivity index (χ4v) is 4.56. The highest BCUT2D eigenvalue weighted by Crippen LogP contribution is 2.34. The van der Waals surface area contributed by atoms with E-state index >= 15 is 0 Å². The third-order valence-electron chi connectivity index (χ3n) is 6.81. The van der Waals surface area contributed by atoms with Crippen LogP contribution in [0.3, 0.4) is 0 Å². The Morgan fingerprint density at radius 1 is 1.24 bits per heavy atom. The number of imidazole rings is 1. The van der Waals surface area contributed by atoms with Gasteiger partial charge in [0.25, 0.3) is 0 Å². The summed E-state index contributed by atoms with van der Waals surface area (Å²) in [7, 11) is 2.11. The summed E-state index contributed by atoms with van der Waals surface area (Å²) in [5, 5.41) is 0. The number of nitrogen functional groups attached to an aromatic ring is 1. The number of hydrogen-bond donors (Lipinski definition) is 1. The van der Waals surface area contributed by atoms with Crippen molar-refractivity contribution in [2.75, 3.05) is 19.3 Å². The van der Waals surface area contributed by atoms with E-state index in [0.717, 1.165) is 42.7 Å². The van der Waals surface area contributed by atoms with Crippen molar-refractivity contribution in [3.05, 3.63) is 48.4 Å². The molecule has 4 aromatic heterocycles. The number of likely N-dealkylation sites (tertiary alicyclic amines) is 1. The monoisotopic (exact) mass is 445 g/mol. The van der Waals surface area contributed by atoms with E-state index < -0.39 is 0 Å². The minimum atomic E-state index is -0.110. The second-order valence-electron chi connectivity index (χ2n) is 8.98. The van der Waals surface area contributed by atoms with Gasteiger partial charge in [-0.25, -0.2) is 19.9 Å². The summed E-state index contributed by atoms with van der Waals surface area (Å²) < 4.78 is 7.46. The highest BCUT2D eigenvalue weighted by molar-refractivity contribution is 5.99. The fraction of sp³-hybridized carbons (Fsp3) is 0.375. The van der Waals surface area contributed by atoms with Gasteiger partial charge in [-0.1, -0.05) is 0 Å². The zero-order valence-electron chi connectivity index (χ0n) is 19.1. The second kappa shape index (κ2) is 8.08. The minimum Gasteiger partial charge on any atom is -0.443 e. The number of nitrogens with two attached hydrogens (primary N) is 1. The predicted octanol–water partition coefficient (Wildman–Crippen LogP) is 3.78. The van der Waals surface area contributed by atoms with E-state index in [2.05, 4.69) is 33.8 Å². The molecule has 0 amide bonds. The Hall–Kier alpha value is -3.59. The van der Waals surface area contributed by atoms with Crippen molar-refractivity contribution in [1.82, 2.24) is 29.2 Å². The molecule has 1 aliphatic heterocycles. The quantitative estimate of drug-likeness (QED) is 0.446. The number of rotatable bonds is 6. The molecule has 2 N–H and O–H groups in total. The molecule has 1 fully saturated rings. The first-order valence-corrected chi connectivity index (χ1v) is 11.1. The number of aryl methyl sites for hydroxylation is 1. The van der Waals surface area contributed by atoms with Gasteiger partial charge in [0.1, 0.15) is 23.3 Å². The number of nitrogens with zero attached hydrogens (tertiary/aromatic N) is 6. The van der Waals surface area contributed by atoms with Gasteiger partial charge >= 0.3 is 0 Å². The molecule has 4 aromatic rings. The molecule has 1 aliphatic rings. The number of anilines is 1. The Bertz CT molecular complexity index is 1330. The van der Waals surface area contributed by atoms with Gasteiger partial charge in [-0.05, 0) is 58.8 Å². The molecule has 33 heavy (non-hydrogen) atoms. The highest BCUT2D eigenvalue weighted by Gasteiger charge is 2.34. The summed E-state index contributed by atoms with van der Waals surface area (Å²) in [6.07, 6.45) is 10.1. The van der Waals surface area contributed by atoms with Crippen LogP contribution in [0.4, 0.5) is 5.82 Å². The predicted molar refractivity (Wildman–Crippen MR) is 125 cm³/mol. The van der Waals surface area contributed by atoms with Crippen molar-refractivity contribution in [2.24, 2.45) is 0 Å². The SMILES string of the molecule is Cc1cnc2ccc(-c3nc(C(=O)CCC4(C)CCCN4C)c(N)nc3-c3ncco3)cn12. The molecule has 0 aliphatic carbocycles. The second-order valence-corrected chi connectivity index (χ2v) is 8.98. The van der Waals surface area contributed by atoms with Crippen LogP contribution in [0.15, 0.2) is 41.4 Å². The number of fused-ring (bicyclic) bond motifs is 1. The molecular weight excluding hydrogens is 418 g/mol. The van der Waals surface area contributed by atoms with E-state index in [0.29, 0.717) is 23.7 Å². The zero-order chi connectivity index (χ0) is 23.2. The number of hydrogen-bond acceptors (Lipinski definition) is 8. The maximum Gasteiger partial charge on any atom is 0.247 e. The van der Waals surface area contributed by atoms with Crippen LogP contribution < -0.4 is 5.73 Å². The Morgan fingerprint density at radius 2 is 2.09 bits per heavy atom. The molecule has 0 bridgehead atoms. The van der Waals surface area contributed by atoms with E-state index in [1.807, 2.05) is 29.7 Å². The van der Waals surface area contributed by atoms with Crippen LogP contribution in [0.25, 0.3) is 28.5 Å². The number of pyridine rings is 1. The first kappa shape index (κ1) is 21.3. The Balaban J connectivity index is 1.55. The van der Waals surface area contributed by atoms with Crippen molar-refractivity contribution in [2.45, 2.75) is 45.1 Å². The van der Waals surface area contributed by atoms with Gasteiger partial charge in [-0.15, -0.1) is 0 Å². The van der Waals surface area contributed by atoms with Crippen molar-refractivity contribution in [1.29, 1.82) is 0 Å².